The van der Waals surface area contributed by atoms with Crippen LogP contribution >= 0.6 is 0 Å². The second-order valence-corrected chi connectivity index (χ2v) is 4.40. The van der Waals surface area contributed by atoms with Crippen LogP contribution < -0.4 is 0 Å². The molecule has 2 unspecified atom stereocenters. The fraction of sp³-hybridized carbons (Fsp3) is 0.429. The number of ether oxygens (including phenoxy) is 1. The third-order valence-electron chi connectivity index (χ3n) is 3.37. The van der Waals surface area contributed by atoms with Gasteiger partial charge in [-0.3, -0.25) is 0 Å². The molecule has 86 valence electrons. The molecule has 1 aromatic rings. The molecule has 1 aromatic carbocycles. The highest BCUT2D eigenvalue weighted by Gasteiger charge is 2.32. The molecule has 2 nitrogen and oxygen atoms in total. The smallest absolute Gasteiger partial charge is 0.0825 e. The van der Waals surface area contributed by atoms with Crippen molar-refractivity contribution >= 4 is 0 Å². The van der Waals surface area contributed by atoms with Crippen molar-refractivity contribution in [1.29, 1.82) is 0 Å². The van der Waals surface area contributed by atoms with Gasteiger partial charge in [-0.15, -0.1) is 0 Å². The molecule has 1 aliphatic heterocycles. The summed E-state index contributed by atoms with van der Waals surface area (Å²) in [5.74, 6) is 0. The Morgan fingerprint density at radius 2 is 2.06 bits per heavy atom. The molecule has 1 aliphatic rings. The van der Waals surface area contributed by atoms with Crippen LogP contribution in [0, 0.1) is 0 Å². The van der Waals surface area contributed by atoms with Crippen LogP contribution in [-0.2, 0) is 11.3 Å². The first-order valence-electron chi connectivity index (χ1n) is 5.73. The Labute approximate surface area is 97.5 Å². The number of benzene rings is 1. The summed E-state index contributed by atoms with van der Waals surface area (Å²) in [7, 11) is 1.78. The molecule has 0 saturated carbocycles. The minimum atomic E-state index is 0.288. The summed E-state index contributed by atoms with van der Waals surface area (Å²) in [5, 5.41) is 0. The molecule has 1 fully saturated rings. The molecule has 16 heavy (non-hydrogen) atoms. The van der Waals surface area contributed by atoms with Gasteiger partial charge in [0.25, 0.3) is 0 Å². The van der Waals surface area contributed by atoms with Gasteiger partial charge in [-0.1, -0.05) is 36.9 Å². The quantitative estimate of drug-likeness (QED) is 0.772. The van der Waals surface area contributed by atoms with E-state index in [4.69, 9.17) is 4.74 Å². The minimum absolute atomic E-state index is 0.288. The van der Waals surface area contributed by atoms with Gasteiger partial charge in [0, 0.05) is 25.8 Å². The first-order chi connectivity index (χ1) is 7.72. The lowest BCUT2D eigenvalue weighted by Crippen LogP contribution is -2.31. The Hall–Kier alpha value is -1.28. The maximum Gasteiger partial charge on any atom is 0.0825 e. The second kappa shape index (κ2) is 4.71. The second-order valence-electron chi connectivity index (χ2n) is 4.40. The molecule has 2 atom stereocenters. The normalized spacial score (nSPS) is 25.1. The van der Waals surface area contributed by atoms with Crippen molar-refractivity contribution in [2.45, 2.75) is 32.0 Å². The molecule has 0 spiro atoms. The van der Waals surface area contributed by atoms with Crippen molar-refractivity contribution in [3.8, 4) is 0 Å². The van der Waals surface area contributed by atoms with Crippen molar-refractivity contribution in [1.82, 2.24) is 4.90 Å². The lowest BCUT2D eigenvalue weighted by atomic mass is 10.2. The fourth-order valence-electron chi connectivity index (χ4n) is 2.32. The maximum absolute atomic E-state index is 5.46. The van der Waals surface area contributed by atoms with Crippen molar-refractivity contribution in [3.63, 3.8) is 0 Å². The van der Waals surface area contributed by atoms with E-state index in [9.17, 15) is 0 Å². The zero-order chi connectivity index (χ0) is 11.5. The van der Waals surface area contributed by atoms with Crippen molar-refractivity contribution in [3.05, 3.63) is 48.2 Å². The van der Waals surface area contributed by atoms with E-state index in [1.54, 1.807) is 7.11 Å². The maximum atomic E-state index is 5.46. The molecule has 0 aromatic heterocycles. The molecule has 0 radical (unpaired) electrons. The Morgan fingerprint density at radius 1 is 1.38 bits per heavy atom. The topological polar surface area (TPSA) is 12.5 Å². The first kappa shape index (κ1) is 11.2. The summed E-state index contributed by atoms with van der Waals surface area (Å²) in [4.78, 5) is 2.34. The van der Waals surface area contributed by atoms with Gasteiger partial charge in [-0.05, 0) is 12.5 Å². The van der Waals surface area contributed by atoms with E-state index < -0.39 is 0 Å². The van der Waals surface area contributed by atoms with E-state index in [2.05, 4.69) is 42.7 Å². The molecule has 0 N–H and O–H groups in total. The average Bonchev–Trinajstić information content (AvgIpc) is 2.58. The monoisotopic (exact) mass is 217 g/mol. The van der Waals surface area contributed by atoms with E-state index >= 15 is 0 Å². The van der Waals surface area contributed by atoms with Crippen LogP contribution in [0.3, 0.4) is 0 Å². The van der Waals surface area contributed by atoms with Gasteiger partial charge >= 0.3 is 0 Å². The van der Waals surface area contributed by atoms with Crippen molar-refractivity contribution in [2.75, 3.05) is 7.11 Å². The van der Waals surface area contributed by atoms with E-state index in [0.29, 0.717) is 6.04 Å². The number of rotatable bonds is 3. The number of likely N-dealkylation sites (tertiary alicyclic amines) is 1. The summed E-state index contributed by atoms with van der Waals surface area (Å²) < 4.78 is 5.46. The molecular formula is C14H19NO. The Bertz CT molecular complexity index is 360. The van der Waals surface area contributed by atoms with Gasteiger partial charge in [0.05, 0.1) is 12.1 Å². The van der Waals surface area contributed by atoms with Gasteiger partial charge < -0.3 is 9.64 Å². The molecule has 0 aliphatic carbocycles. The zero-order valence-corrected chi connectivity index (χ0v) is 10.0. The third-order valence-corrected chi connectivity index (χ3v) is 3.37. The number of hydrogen-bond acceptors (Lipinski definition) is 2. The van der Waals surface area contributed by atoms with Gasteiger partial charge in [0.1, 0.15) is 0 Å². The highest BCUT2D eigenvalue weighted by molar-refractivity contribution is 5.18. The Morgan fingerprint density at radius 3 is 2.62 bits per heavy atom. The largest absolute Gasteiger partial charge is 0.379 e. The summed E-state index contributed by atoms with van der Waals surface area (Å²) in [6, 6.07) is 10.9. The number of methoxy groups -OCH3 is 1. The highest BCUT2D eigenvalue weighted by atomic mass is 16.5. The van der Waals surface area contributed by atoms with Crippen LogP contribution in [0.2, 0.25) is 0 Å². The Balaban J connectivity index is 2.08. The number of nitrogens with zero attached hydrogens (tertiary/aromatic N) is 1. The first-order valence-corrected chi connectivity index (χ1v) is 5.73. The highest BCUT2D eigenvalue weighted by Crippen LogP contribution is 2.29. The fourth-order valence-corrected chi connectivity index (χ4v) is 2.32. The Kier molecular flexibility index (Phi) is 3.30. The molecule has 0 bridgehead atoms. The van der Waals surface area contributed by atoms with Gasteiger partial charge in [0.15, 0.2) is 0 Å². The summed E-state index contributed by atoms with van der Waals surface area (Å²) in [6.45, 7) is 7.26. The van der Waals surface area contributed by atoms with Crippen LogP contribution in [0.15, 0.2) is 42.6 Å². The van der Waals surface area contributed by atoms with E-state index in [1.165, 1.54) is 11.3 Å². The lowest BCUT2D eigenvalue weighted by Gasteiger charge is -2.26. The molecule has 0 amide bonds. The minimum Gasteiger partial charge on any atom is -0.379 e. The summed E-state index contributed by atoms with van der Waals surface area (Å²) in [6.07, 6.45) is 1.24. The molecule has 1 heterocycles. The zero-order valence-electron chi connectivity index (χ0n) is 10.0. The van der Waals surface area contributed by atoms with Crippen LogP contribution in [0.25, 0.3) is 0 Å². The van der Waals surface area contributed by atoms with Crippen LogP contribution in [0.4, 0.5) is 0 Å². The van der Waals surface area contributed by atoms with Gasteiger partial charge in [-0.2, -0.15) is 0 Å². The molecule has 2 heteroatoms. The number of hydrogen-bond donors (Lipinski definition) is 0. The molecular weight excluding hydrogens is 198 g/mol. The van der Waals surface area contributed by atoms with Crippen LogP contribution in [0.5, 0.6) is 0 Å². The molecule has 1 saturated heterocycles. The van der Waals surface area contributed by atoms with E-state index in [-0.39, 0.29) is 6.10 Å². The third kappa shape index (κ3) is 2.12. The summed E-state index contributed by atoms with van der Waals surface area (Å²) >= 11 is 0. The van der Waals surface area contributed by atoms with Gasteiger partial charge in [0.2, 0.25) is 0 Å². The van der Waals surface area contributed by atoms with Crippen molar-refractivity contribution < 1.29 is 4.74 Å². The van der Waals surface area contributed by atoms with Gasteiger partial charge in [-0.25, -0.2) is 0 Å². The van der Waals surface area contributed by atoms with Crippen molar-refractivity contribution in [2.24, 2.45) is 0 Å². The predicted molar refractivity (Wildman–Crippen MR) is 66.0 cm³/mol. The van der Waals surface area contributed by atoms with E-state index in [0.717, 1.165) is 13.0 Å². The summed E-state index contributed by atoms with van der Waals surface area (Å²) in [5.41, 5.74) is 2.51. The standard InChI is InChI=1S/C14H19NO/c1-11-9-14(16-3)12(2)15(11)10-13-7-5-4-6-8-13/h4-8,12,14H,1,9-10H2,2-3H3. The average molecular weight is 217 g/mol. The SMILES string of the molecule is C=C1CC(OC)C(C)N1Cc1ccccc1. The van der Waals surface area contributed by atoms with Crippen LogP contribution in [0.1, 0.15) is 18.9 Å². The van der Waals surface area contributed by atoms with Crippen LogP contribution in [-0.4, -0.2) is 24.2 Å². The predicted octanol–water partition coefficient (Wildman–Crippen LogP) is 2.81. The van der Waals surface area contributed by atoms with E-state index in [1.807, 2.05) is 6.07 Å². The lowest BCUT2D eigenvalue weighted by molar-refractivity contribution is 0.0722. The molecule has 2 rings (SSSR count).